The average molecular weight is 317 g/mol. The first-order valence-electron chi connectivity index (χ1n) is 7.29. The number of urea groups is 1. The lowest BCUT2D eigenvalue weighted by Crippen LogP contribution is -2.53. The molecule has 1 aliphatic rings. The van der Waals surface area contributed by atoms with Crippen molar-refractivity contribution in [2.24, 2.45) is 14.1 Å². The van der Waals surface area contributed by atoms with Crippen LogP contribution in [0.1, 0.15) is 5.69 Å². The number of carbonyl (C=O) groups is 2. The predicted molar refractivity (Wildman–Crippen MR) is 84.1 cm³/mol. The van der Waals surface area contributed by atoms with Crippen molar-refractivity contribution >= 4 is 23.3 Å². The fourth-order valence-corrected chi connectivity index (χ4v) is 2.58. The number of nitrogens with one attached hydrogen (secondary N) is 1. The van der Waals surface area contributed by atoms with E-state index in [2.05, 4.69) is 15.5 Å². The van der Waals surface area contributed by atoms with Crippen LogP contribution in [0.15, 0.2) is 18.6 Å². The zero-order valence-corrected chi connectivity index (χ0v) is 13.4. The van der Waals surface area contributed by atoms with E-state index in [4.69, 9.17) is 0 Å². The van der Waals surface area contributed by atoms with Gasteiger partial charge in [-0.3, -0.25) is 14.2 Å². The van der Waals surface area contributed by atoms with E-state index in [-0.39, 0.29) is 18.5 Å². The Morgan fingerprint density at radius 3 is 2.57 bits per heavy atom. The van der Waals surface area contributed by atoms with Crippen molar-refractivity contribution in [3.8, 4) is 0 Å². The Bertz CT molecular complexity index is 748. The highest BCUT2D eigenvalue weighted by atomic mass is 16.2. The third-order valence-electron chi connectivity index (χ3n) is 3.77. The van der Waals surface area contributed by atoms with Gasteiger partial charge >= 0.3 is 6.03 Å². The molecule has 122 valence electrons. The van der Waals surface area contributed by atoms with Crippen molar-refractivity contribution < 1.29 is 9.59 Å². The quantitative estimate of drug-likeness (QED) is 0.865. The molecule has 3 rings (SSSR count). The molecule has 0 spiro atoms. The SMILES string of the molecule is Cc1nn(C)cc1NC(=O)N1CCN(c2cnn(C)c2)C(=O)C1. The summed E-state index contributed by atoms with van der Waals surface area (Å²) in [6.45, 7) is 2.77. The molecule has 9 heteroatoms. The van der Waals surface area contributed by atoms with Crippen LogP contribution in [0, 0.1) is 6.92 Å². The fourth-order valence-electron chi connectivity index (χ4n) is 2.58. The second-order valence-electron chi connectivity index (χ2n) is 5.57. The third kappa shape index (κ3) is 3.03. The summed E-state index contributed by atoms with van der Waals surface area (Å²) in [4.78, 5) is 27.8. The van der Waals surface area contributed by atoms with Gasteiger partial charge in [0.25, 0.3) is 0 Å². The van der Waals surface area contributed by atoms with E-state index < -0.39 is 0 Å². The largest absolute Gasteiger partial charge is 0.322 e. The minimum absolute atomic E-state index is 0.0417. The molecule has 1 aliphatic heterocycles. The average Bonchev–Trinajstić information content (AvgIpc) is 3.04. The van der Waals surface area contributed by atoms with Gasteiger partial charge in [-0.25, -0.2) is 4.79 Å². The normalized spacial score (nSPS) is 15.2. The number of aromatic nitrogens is 4. The van der Waals surface area contributed by atoms with Crippen LogP contribution in [0.5, 0.6) is 0 Å². The summed E-state index contributed by atoms with van der Waals surface area (Å²) in [7, 11) is 3.59. The van der Waals surface area contributed by atoms with Gasteiger partial charge in [0.05, 0.1) is 23.3 Å². The Kier molecular flexibility index (Phi) is 3.77. The molecule has 0 atom stereocenters. The zero-order chi connectivity index (χ0) is 16.6. The molecule has 0 radical (unpaired) electrons. The first-order chi connectivity index (χ1) is 10.9. The van der Waals surface area contributed by atoms with E-state index in [9.17, 15) is 9.59 Å². The molecule has 0 bridgehead atoms. The lowest BCUT2D eigenvalue weighted by Gasteiger charge is -2.33. The first-order valence-corrected chi connectivity index (χ1v) is 7.29. The number of nitrogens with zero attached hydrogens (tertiary/aromatic N) is 6. The van der Waals surface area contributed by atoms with Gasteiger partial charge in [0, 0.05) is 39.6 Å². The highest BCUT2D eigenvalue weighted by molar-refractivity contribution is 5.99. The summed E-state index contributed by atoms with van der Waals surface area (Å²) < 4.78 is 3.28. The second kappa shape index (κ2) is 5.75. The molecule has 23 heavy (non-hydrogen) atoms. The highest BCUT2D eigenvalue weighted by Crippen LogP contribution is 2.17. The molecule has 3 heterocycles. The van der Waals surface area contributed by atoms with Gasteiger partial charge in [0.2, 0.25) is 5.91 Å². The standard InChI is InChI=1S/C14H19N7O2/c1-10-12(8-19(3)17-10)16-14(23)20-4-5-21(13(22)9-20)11-6-15-18(2)7-11/h6-8H,4-5,9H2,1-3H3,(H,16,23). The molecular weight excluding hydrogens is 298 g/mol. The molecule has 9 nitrogen and oxygen atoms in total. The highest BCUT2D eigenvalue weighted by Gasteiger charge is 2.29. The van der Waals surface area contributed by atoms with E-state index in [1.165, 1.54) is 4.90 Å². The summed E-state index contributed by atoms with van der Waals surface area (Å²) in [6, 6.07) is -0.291. The predicted octanol–water partition coefficient (Wildman–Crippen LogP) is 0.343. The van der Waals surface area contributed by atoms with Crippen LogP contribution in [-0.4, -0.2) is 56.0 Å². The van der Waals surface area contributed by atoms with E-state index in [1.807, 2.05) is 6.92 Å². The summed E-state index contributed by atoms with van der Waals surface area (Å²) in [5, 5.41) is 11.0. The van der Waals surface area contributed by atoms with E-state index in [0.29, 0.717) is 18.8 Å². The van der Waals surface area contributed by atoms with Crippen molar-refractivity contribution in [3.05, 3.63) is 24.3 Å². The number of hydrogen-bond acceptors (Lipinski definition) is 4. The summed E-state index contributed by atoms with van der Waals surface area (Å²) in [5.41, 5.74) is 2.14. The summed E-state index contributed by atoms with van der Waals surface area (Å²) in [6.07, 6.45) is 5.17. The number of carbonyl (C=O) groups excluding carboxylic acids is 2. The van der Waals surface area contributed by atoms with Crippen molar-refractivity contribution in [1.29, 1.82) is 0 Å². The van der Waals surface area contributed by atoms with Crippen LogP contribution >= 0.6 is 0 Å². The molecule has 3 amide bonds. The molecule has 0 unspecified atom stereocenters. The van der Waals surface area contributed by atoms with Crippen molar-refractivity contribution in [2.75, 3.05) is 29.9 Å². The third-order valence-corrected chi connectivity index (χ3v) is 3.77. The fraction of sp³-hybridized carbons (Fsp3) is 0.429. The number of hydrogen-bond donors (Lipinski definition) is 1. The van der Waals surface area contributed by atoms with E-state index >= 15 is 0 Å². The number of amides is 3. The monoisotopic (exact) mass is 317 g/mol. The minimum Gasteiger partial charge on any atom is -0.313 e. The van der Waals surface area contributed by atoms with E-state index in [0.717, 1.165) is 11.4 Å². The van der Waals surface area contributed by atoms with Crippen molar-refractivity contribution in [3.63, 3.8) is 0 Å². The molecule has 0 aromatic carbocycles. The molecule has 1 N–H and O–H groups in total. The second-order valence-corrected chi connectivity index (χ2v) is 5.57. The Balaban J connectivity index is 1.64. The van der Waals surface area contributed by atoms with Gasteiger partial charge < -0.3 is 15.1 Å². The maximum atomic E-state index is 12.3. The first kappa shape index (κ1) is 15.1. The van der Waals surface area contributed by atoms with Gasteiger partial charge in [-0.15, -0.1) is 0 Å². The van der Waals surface area contributed by atoms with Crippen LogP contribution in [0.25, 0.3) is 0 Å². The van der Waals surface area contributed by atoms with Gasteiger partial charge in [-0.2, -0.15) is 10.2 Å². The van der Waals surface area contributed by atoms with Crippen molar-refractivity contribution in [1.82, 2.24) is 24.5 Å². The molecule has 0 saturated carbocycles. The summed E-state index contributed by atoms with van der Waals surface area (Å²) >= 11 is 0. The Hall–Kier alpha value is -2.84. The number of piperazine rings is 1. The van der Waals surface area contributed by atoms with Crippen molar-refractivity contribution in [2.45, 2.75) is 6.92 Å². The Labute approximate surface area is 133 Å². The van der Waals surface area contributed by atoms with Crippen LogP contribution in [0.3, 0.4) is 0 Å². The number of aryl methyl sites for hydroxylation is 3. The zero-order valence-electron chi connectivity index (χ0n) is 13.4. The molecule has 1 saturated heterocycles. The lowest BCUT2D eigenvalue weighted by atomic mass is 10.3. The van der Waals surface area contributed by atoms with Crippen LogP contribution in [-0.2, 0) is 18.9 Å². The maximum Gasteiger partial charge on any atom is 0.322 e. The lowest BCUT2D eigenvalue weighted by molar-refractivity contribution is -0.120. The van der Waals surface area contributed by atoms with Crippen LogP contribution in [0.2, 0.25) is 0 Å². The number of rotatable bonds is 2. The Morgan fingerprint density at radius 2 is 2.00 bits per heavy atom. The van der Waals surface area contributed by atoms with Gasteiger partial charge in [-0.05, 0) is 6.92 Å². The number of anilines is 2. The molecule has 0 aliphatic carbocycles. The van der Waals surface area contributed by atoms with Crippen LogP contribution in [0.4, 0.5) is 16.2 Å². The van der Waals surface area contributed by atoms with Gasteiger partial charge in [0.1, 0.15) is 6.54 Å². The molecule has 2 aromatic rings. The molecular formula is C14H19N7O2. The van der Waals surface area contributed by atoms with Gasteiger partial charge in [0.15, 0.2) is 0 Å². The van der Waals surface area contributed by atoms with Crippen LogP contribution < -0.4 is 10.2 Å². The Morgan fingerprint density at radius 1 is 1.22 bits per heavy atom. The molecule has 2 aromatic heterocycles. The molecule has 1 fully saturated rings. The summed E-state index contributed by atoms with van der Waals surface area (Å²) in [5.74, 6) is -0.123. The smallest absolute Gasteiger partial charge is 0.313 e. The van der Waals surface area contributed by atoms with Gasteiger partial charge in [-0.1, -0.05) is 0 Å². The minimum atomic E-state index is -0.291. The topological polar surface area (TPSA) is 88.3 Å². The van der Waals surface area contributed by atoms with E-state index in [1.54, 1.807) is 46.9 Å². The maximum absolute atomic E-state index is 12.3.